The number of carbonyl (C=O) groups is 2. The summed E-state index contributed by atoms with van der Waals surface area (Å²) in [4.78, 5) is 27.9. The van der Waals surface area contributed by atoms with Crippen LogP contribution in [0.15, 0.2) is 71.4 Å². The van der Waals surface area contributed by atoms with E-state index in [9.17, 15) is 14.0 Å². The fourth-order valence-electron chi connectivity index (χ4n) is 4.61. The van der Waals surface area contributed by atoms with Crippen molar-refractivity contribution in [1.82, 2.24) is 9.47 Å². The van der Waals surface area contributed by atoms with Gasteiger partial charge in [-0.1, -0.05) is 12.1 Å². The van der Waals surface area contributed by atoms with Crippen LogP contribution in [0.5, 0.6) is 5.75 Å². The number of halogens is 1. The van der Waals surface area contributed by atoms with Crippen molar-refractivity contribution in [2.75, 3.05) is 20.8 Å². The molecule has 3 aromatic rings. The van der Waals surface area contributed by atoms with Crippen LogP contribution in [-0.4, -0.2) is 42.1 Å². The Labute approximate surface area is 210 Å². The molecule has 6 nitrogen and oxygen atoms in total. The summed E-state index contributed by atoms with van der Waals surface area (Å²) in [6.07, 6.45) is 2.36. The molecule has 0 fully saturated rings. The maximum atomic E-state index is 13.5. The lowest BCUT2D eigenvalue weighted by molar-refractivity contribution is -0.136. The number of hydrogen-bond donors (Lipinski definition) is 0. The first kappa shape index (κ1) is 25.0. The van der Waals surface area contributed by atoms with Gasteiger partial charge in [-0.15, -0.1) is 0 Å². The van der Waals surface area contributed by atoms with Gasteiger partial charge in [0.1, 0.15) is 11.6 Å². The Balaban J connectivity index is 1.68. The van der Waals surface area contributed by atoms with E-state index in [0.29, 0.717) is 24.2 Å². The van der Waals surface area contributed by atoms with E-state index in [-0.39, 0.29) is 17.3 Å². The first-order valence-electron chi connectivity index (χ1n) is 11.7. The number of nitrogens with zero attached hydrogens (tertiary/aromatic N) is 2. The molecular weight excluding hydrogens is 459 g/mol. The third kappa shape index (κ3) is 4.69. The minimum atomic E-state index is -0.550. The van der Waals surface area contributed by atoms with Crippen LogP contribution in [0.4, 0.5) is 4.39 Å². The lowest BCUT2D eigenvalue weighted by atomic mass is 10.0. The summed E-state index contributed by atoms with van der Waals surface area (Å²) in [7, 11) is 2.93. The third-order valence-electron chi connectivity index (χ3n) is 6.54. The molecule has 1 aromatic heterocycles. The van der Waals surface area contributed by atoms with Gasteiger partial charge in [0, 0.05) is 29.3 Å². The molecule has 0 bridgehead atoms. The van der Waals surface area contributed by atoms with Crippen molar-refractivity contribution in [2.45, 2.75) is 27.2 Å². The average Bonchev–Trinajstić information content (AvgIpc) is 3.29. The van der Waals surface area contributed by atoms with Crippen molar-refractivity contribution in [2.24, 2.45) is 0 Å². The van der Waals surface area contributed by atoms with Gasteiger partial charge in [-0.2, -0.15) is 0 Å². The summed E-state index contributed by atoms with van der Waals surface area (Å²) in [6.45, 7) is 6.06. The SMILES string of the molecule is COC(=O)C1=C(C)N(CCc2ccc(OC)cc2)C(=O)/C1=C\c1cc(C)n(-c2ccc(F)cc2)c1C. The van der Waals surface area contributed by atoms with Crippen LogP contribution >= 0.6 is 0 Å². The molecule has 36 heavy (non-hydrogen) atoms. The highest BCUT2D eigenvalue weighted by Gasteiger charge is 2.37. The van der Waals surface area contributed by atoms with Crippen LogP contribution in [-0.2, 0) is 20.7 Å². The molecule has 0 aliphatic carbocycles. The van der Waals surface area contributed by atoms with Gasteiger partial charge >= 0.3 is 5.97 Å². The highest BCUT2D eigenvalue weighted by atomic mass is 19.1. The van der Waals surface area contributed by atoms with E-state index in [1.54, 1.807) is 37.1 Å². The number of carbonyl (C=O) groups excluding carboxylic acids is 2. The predicted molar refractivity (Wildman–Crippen MR) is 136 cm³/mol. The van der Waals surface area contributed by atoms with Gasteiger partial charge in [0.15, 0.2) is 0 Å². The number of esters is 1. The number of allylic oxidation sites excluding steroid dienone is 1. The summed E-state index contributed by atoms with van der Waals surface area (Å²) >= 11 is 0. The maximum Gasteiger partial charge on any atom is 0.340 e. The lowest BCUT2D eigenvalue weighted by Crippen LogP contribution is -2.27. The fraction of sp³-hybridized carbons (Fsp3) is 0.241. The van der Waals surface area contributed by atoms with Crippen molar-refractivity contribution in [3.63, 3.8) is 0 Å². The molecular formula is C29H29FN2O4. The van der Waals surface area contributed by atoms with Crippen LogP contribution in [0.1, 0.15) is 29.4 Å². The molecule has 1 aliphatic heterocycles. The molecule has 0 radical (unpaired) electrons. The number of methoxy groups -OCH3 is 2. The van der Waals surface area contributed by atoms with Crippen molar-refractivity contribution >= 4 is 18.0 Å². The fourth-order valence-corrected chi connectivity index (χ4v) is 4.61. The molecule has 0 saturated carbocycles. The van der Waals surface area contributed by atoms with Crippen molar-refractivity contribution in [3.8, 4) is 11.4 Å². The molecule has 1 aliphatic rings. The van der Waals surface area contributed by atoms with Gasteiger partial charge in [0.05, 0.1) is 25.4 Å². The standard InChI is InChI=1S/C29H29FN2O4/c1-18-16-22(19(2)32(18)24-10-8-23(30)9-11-24)17-26-27(29(34)36-5)20(3)31(28(26)33)15-14-21-6-12-25(35-4)13-7-21/h6-13,16-17H,14-15H2,1-5H3/b26-17-. The van der Waals surface area contributed by atoms with Gasteiger partial charge in [-0.05, 0) is 86.9 Å². The molecule has 1 amide bonds. The molecule has 4 rings (SSSR count). The Morgan fingerprint density at radius 3 is 2.28 bits per heavy atom. The summed E-state index contributed by atoms with van der Waals surface area (Å²) < 4.78 is 25.7. The summed E-state index contributed by atoms with van der Waals surface area (Å²) in [6, 6.07) is 15.9. The quantitative estimate of drug-likeness (QED) is 0.341. The van der Waals surface area contributed by atoms with Crippen molar-refractivity contribution < 1.29 is 23.5 Å². The molecule has 0 unspecified atom stereocenters. The number of benzene rings is 2. The van der Waals surface area contributed by atoms with Gasteiger partial charge in [-0.25, -0.2) is 9.18 Å². The molecule has 0 N–H and O–H groups in total. The van der Waals surface area contributed by atoms with Gasteiger partial charge in [0.2, 0.25) is 0 Å². The molecule has 0 spiro atoms. The zero-order chi connectivity index (χ0) is 26.0. The third-order valence-corrected chi connectivity index (χ3v) is 6.54. The molecule has 186 valence electrons. The van der Waals surface area contributed by atoms with Crippen LogP contribution in [0, 0.1) is 19.7 Å². The number of amides is 1. The zero-order valence-corrected chi connectivity index (χ0v) is 21.1. The highest BCUT2D eigenvalue weighted by molar-refractivity contribution is 6.16. The maximum absolute atomic E-state index is 13.5. The number of aromatic nitrogens is 1. The molecule has 7 heteroatoms. The van der Waals surface area contributed by atoms with Gasteiger partial charge in [-0.3, -0.25) is 4.79 Å². The molecule has 2 heterocycles. The monoisotopic (exact) mass is 488 g/mol. The second-order valence-electron chi connectivity index (χ2n) is 8.70. The number of hydrogen-bond acceptors (Lipinski definition) is 4. The molecule has 0 atom stereocenters. The average molecular weight is 489 g/mol. The first-order valence-corrected chi connectivity index (χ1v) is 11.7. The van der Waals surface area contributed by atoms with E-state index >= 15 is 0 Å². The minimum absolute atomic E-state index is 0.243. The Bertz CT molecular complexity index is 1370. The first-order chi connectivity index (χ1) is 17.2. The largest absolute Gasteiger partial charge is 0.497 e. The van der Waals surface area contributed by atoms with Crippen LogP contribution in [0.25, 0.3) is 11.8 Å². The summed E-state index contributed by atoms with van der Waals surface area (Å²) in [5.41, 5.74) is 5.60. The number of rotatable bonds is 7. The Morgan fingerprint density at radius 2 is 1.67 bits per heavy atom. The predicted octanol–water partition coefficient (Wildman–Crippen LogP) is 5.16. The molecule has 0 saturated heterocycles. The number of aryl methyl sites for hydroxylation is 1. The normalized spacial score (nSPS) is 14.7. The second-order valence-corrected chi connectivity index (χ2v) is 8.70. The summed E-state index contributed by atoms with van der Waals surface area (Å²) in [5, 5.41) is 0. The lowest BCUT2D eigenvalue weighted by Gasteiger charge is -2.18. The smallest absolute Gasteiger partial charge is 0.340 e. The van der Waals surface area contributed by atoms with Gasteiger partial charge in [0.25, 0.3) is 5.91 Å². The zero-order valence-electron chi connectivity index (χ0n) is 21.1. The van der Waals surface area contributed by atoms with E-state index in [1.165, 1.54) is 19.2 Å². The molecule has 2 aromatic carbocycles. The van der Waals surface area contributed by atoms with E-state index in [0.717, 1.165) is 34.0 Å². The van der Waals surface area contributed by atoms with Crippen molar-refractivity contribution in [3.05, 3.63) is 99.8 Å². The van der Waals surface area contributed by atoms with Crippen LogP contribution in [0.3, 0.4) is 0 Å². The van der Waals surface area contributed by atoms with Crippen LogP contribution < -0.4 is 4.74 Å². The summed E-state index contributed by atoms with van der Waals surface area (Å²) in [5.74, 6) is -0.332. The topological polar surface area (TPSA) is 60.8 Å². The highest BCUT2D eigenvalue weighted by Crippen LogP contribution is 2.33. The Kier molecular flexibility index (Phi) is 7.10. The Morgan fingerprint density at radius 1 is 1.00 bits per heavy atom. The number of ether oxygens (including phenoxy) is 2. The van der Waals surface area contributed by atoms with E-state index in [4.69, 9.17) is 9.47 Å². The van der Waals surface area contributed by atoms with Crippen molar-refractivity contribution in [1.29, 1.82) is 0 Å². The Hall–Kier alpha value is -4.13. The van der Waals surface area contributed by atoms with Crippen LogP contribution in [0.2, 0.25) is 0 Å². The van der Waals surface area contributed by atoms with E-state index in [1.807, 2.05) is 48.7 Å². The minimum Gasteiger partial charge on any atom is -0.497 e. The second kappa shape index (κ2) is 10.2. The van der Waals surface area contributed by atoms with E-state index in [2.05, 4.69) is 0 Å². The van der Waals surface area contributed by atoms with E-state index < -0.39 is 5.97 Å². The van der Waals surface area contributed by atoms with Gasteiger partial charge < -0.3 is 18.9 Å².